The van der Waals surface area contributed by atoms with Crippen LogP contribution in [0.5, 0.6) is 0 Å². The summed E-state index contributed by atoms with van der Waals surface area (Å²) in [6.07, 6.45) is 0.316. The lowest BCUT2D eigenvalue weighted by molar-refractivity contribution is 0.116. The SMILES string of the molecule is CCCC(O)C(C(C)(C)C)S(N)(=O)=O. The van der Waals surface area contributed by atoms with E-state index in [1.54, 1.807) is 20.8 Å². The molecular formula is C9H21NO3S. The van der Waals surface area contributed by atoms with Gasteiger partial charge >= 0.3 is 0 Å². The first-order chi connectivity index (χ1) is 6.10. The summed E-state index contributed by atoms with van der Waals surface area (Å²) in [5, 5.41) is 13.9. The van der Waals surface area contributed by atoms with Gasteiger partial charge in [0, 0.05) is 0 Å². The Morgan fingerprint density at radius 2 is 1.79 bits per heavy atom. The van der Waals surface area contributed by atoms with Crippen molar-refractivity contribution in [2.45, 2.75) is 51.9 Å². The van der Waals surface area contributed by atoms with E-state index < -0.39 is 26.8 Å². The number of hydrogen-bond acceptors (Lipinski definition) is 3. The van der Waals surface area contributed by atoms with Crippen LogP contribution in [0.3, 0.4) is 0 Å². The van der Waals surface area contributed by atoms with E-state index in [1.807, 2.05) is 6.92 Å². The van der Waals surface area contributed by atoms with Gasteiger partial charge in [-0.1, -0.05) is 34.1 Å². The molecule has 0 saturated carbocycles. The van der Waals surface area contributed by atoms with Gasteiger partial charge in [0.1, 0.15) is 5.25 Å². The van der Waals surface area contributed by atoms with Crippen LogP contribution >= 0.6 is 0 Å². The fraction of sp³-hybridized carbons (Fsp3) is 1.00. The lowest BCUT2D eigenvalue weighted by atomic mass is 9.87. The first kappa shape index (κ1) is 13.9. The molecule has 0 aliphatic carbocycles. The molecule has 2 unspecified atom stereocenters. The normalized spacial score (nSPS) is 17.9. The number of sulfonamides is 1. The molecule has 0 aromatic carbocycles. The van der Waals surface area contributed by atoms with Gasteiger partial charge in [0.2, 0.25) is 10.0 Å². The number of nitrogens with two attached hydrogens (primary N) is 1. The summed E-state index contributed by atoms with van der Waals surface area (Å²) in [6.45, 7) is 7.19. The van der Waals surface area contributed by atoms with Gasteiger partial charge < -0.3 is 5.11 Å². The minimum atomic E-state index is -3.69. The van der Waals surface area contributed by atoms with E-state index >= 15 is 0 Å². The van der Waals surface area contributed by atoms with E-state index in [4.69, 9.17) is 5.14 Å². The third kappa shape index (κ3) is 3.94. The first-order valence-electron chi connectivity index (χ1n) is 4.80. The minimum Gasteiger partial charge on any atom is -0.392 e. The Labute approximate surface area is 86.6 Å². The minimum absolute atomic E-state index is 0.457. The van der Waals surface area contributed by atoms with Gasteiger partial charge in [0.05, 0.1) is 6.10 Å². The summed E-state index contributed by atoms with van der Waals surface area (Å²) in [5.74, 6) is 0. The predicted molar refractivity (Wildman–Crippen MR) is 57.3 cm³/mol. The number of hydrogen-bond donors (Lipinski definition) is 2. The van der Waals surface area contributed by atoms with Crippen molar-refractivity contribution in [3.63, 3.8) is 0 Å². The van der Waals surface area contributed by atoms with Gasteiger partial charge in [0.25, 0.3) is 0 Å². The van der Waals surface area contributed by atoms with E-state index in [-0.39, 0.29) is 0 Å². The monoisotopic (exact) mass is 223 g/mol. The Hall–Kier alpha value is -0.130. The molecule has 0 radical (unpaired) electrons. The molecule has 0 bridgehead atoms. The van der Waals surface area contributed by atoms with Gasteiger partial charge in [0.15, 0.2) is 0 Å². The zero-order valence-electron chi connectivity index (χ0n) is 9.32. The van der Waals surface area contributed by atoms with Crippen molar-refractivity contribution in [3.8, 4) is 0 Å². The fourth-order valence-electron chi connectivity index (χ4n) is 1.74. The van der Waals surface area contributed by atoms with Gasteiger partial charge in [-0.15, -0.1) is 0 Å². The second-order valence-corrected chi connectivity index (χ2v) is 6.42. The van der Waals surface area contributed by atoms with Crippen LogP contribution in [-0.2, 0) is 10.0 Å². The molecule has 0 amide bonds. The Bertz CT molecular complexity index is 266. The average molecular weight is 223 g/mol. The van der Waals surface area contributed by atoms with Crippen molar-refractivity contribution in [1.82, 2.24) is 0 Å². The van der Waals surface area contributed by atoms with Crippen LogP contribution in [0.4, 0.5) is 0 Å². The highest BCUT2D eigenvalue weighted by molar-refractivity contribution is 7.89. The first-order valence-corrected chi connectivity index (χ1v) is 6.41. The van der Waals surface area contributed by atoms with E-state index in [2.05, 4.69) is 0 Å². The molecule has 2 atom stereocenters. The summed E-state index contributed by atoms with van der Waals surface area (Å²) in [4.78, 5) is 0. The lowest BCUT2D eigenvalue weighted by Crippen LogP contribution is -2.47. The van der Waals surface area contributed by atoms with Crippen molar-refractivity contribution < 1.29 is 13.5 Å². The molecule has 0 aliphatic heterocycles. The highest BCUT2D eigenvalue weighted by Gasteiger charge is 2.39. The molecule has 86 valence electrons. The summed E-state index contributed by atoms with van der Waals surface area (Å²) in [6, 6.07) is 0. The molecular weight excluding hydrogens is 202 g/mol. The Morgan fingerprint density at radius 1 is 1.36 bits per heavy atom. The average Bonchev–Trinajstić information content (AvgIpc) is 1.78. The van der Waals surface area contributed by atoms with E-state index in [9.17, 15) is 13.5 Å². The molecule has 0 aliphatic rings. The third-order valence-electron chi connectivity index (χ3n) is 2.14. The third-order valence-corrected chi connectivity index (χ3v) is 3.87. The maximum atomic E-state index is 11.3. The van der Waals surface area contributed by atoms with E-state index in [0.29, 0.717) is 6.42 Å². The molecule has 0 saturated heterocycles. The largest absolute Gasteiger partial charge is 0.392 e. The molecule has 0 rings (SSSR count). The summed E-state index contributed by atoms with van der Waals surface area (Å²) >= 11 is 0. The van der Waals surface area contributed by atoms with Crippen molar-refractivity contribution in [1.29, 1.82) is 0 Å². The van der Waals surface area contributed by atoms with Crippen LogP contribution in [0.2, 0.25) is 0 Å². The van der Waals surface area contributed by atoms with Gasteiger partial charge in [-0.3, -0.25) is 0 Å². The number of primary sulfonamides is 1. The highest BCUT2D eigenvalue weighted by atomic mass is 32.2. The van der Waals surface area contributed by atoms with Crippen molar-refractivity contribution in [2.24, 2.45) is 10.6 Å². The topological polar surface area (TPSA) is 80.4 Å². The van der Waals surface area contributed by atoms with Gasteiger partial charge in [-0.05, 0) is 11.8 Å². The molecule has 0 aromatic heterocycles. The molecule has 0 aromatic rings. The summed E-state index contributed by atoms with van der Waals surface area (Å²) in [7, 11) is -3.69. The maximum absolute atomic E-state index is 11.3. The second-order valence-electron chi connectivity index (χ2n) is 4.73. The zero-order chi connectivity index (χ0) is 11.6. The van der Waals surface area contributed by atoms with Crippen LogP contribution in [-0.4, -0.2) is 24.9 Å². The quantitative estimate of drug-likeness (QED) is 0.741. The van der Waals surface area contributed by atoms with Crippen LogP contribution in [0.15, 0.2) is 0 Å². The standard InChI is InChI=1S/C9H21NO3S/c1-5-6-7(11)8(9(2,3)4)14(10,12)13/h7-8,11H,5-6H2,1-4H3,(H2,10,12,13). The molecule has 0 spiro atoms. The highest BCUT2D eigenvalue weighted by Crippen LogP contribution is 2.28. The van der Waals surface area contributed by atoms with Crippen LogP contribution in [0, 0.1) is 5.41 Å². The molecule has 3 N–H and O–H groups in total. The molecule has 4 nitrogen and oxygen atoms in total. The molecule has 0 fully saturated rings. The Balaban J connectivity index is 4.94. The number of rotatable bonds is 4. The Kier molecular flexibility index (Phi) is 4.55. The molecule has 14 heavy (non-hydrogen) atoms. The van der Waals surface area contributed by atoms with Gasteiger partial charge in [-0.25, -0.2) is 13.6 Å². The van der Waals surface area contributed by atoms with Crippen molar-refractivity contribution in [2.75, 3.05) is 0 Å². The maximum Gasteiger partial charge on any atom is 0.215 e. The lowest BCUT2D eigenvalue weighted by Gasteiger charge is -2.32. The number of aliphatic hydroxyl groups excluding tert-OH is 1. The predicted octanol–water partition coefficient (Wildman–Crippen LogP) is 0.851. The second kappa shape index (κ2) is 4.59. The zero-order valence-corrected chi connectivity index (χ0v) is 10.1. The van der Waals surface area contributed by atoms with Crippen molar-refractivity contribution in [3.05, 3.63) is 0 Å². The Morgan fingerprint density at radius 3 is 2.00 bits per heavy atom. The van der Waals surface area contributed by atoms with E-state index in [0.717, 1.165) is 6.42 Å². The number of aliphatic hydroxyl groups is 1. The van der Waals surface area contributed by atoms with Crippen molar-refractivity contribution >= 4 is 10.0 Å². The smallest absolute Gasteiger partial charge is 0.215 e. The summed E-state index contributed by atoms with van der Waals surface area (Å²) in [5.41, 5.74) is -0.540. The molecule has 0 heterocycles. The van der Waals surface area contributed by atoms with Crippen LogP contribution in [0.25, 0.3) is 0 Å². The van der Waals surface area contributed by atoms with Crippen LogP contribution < -0.4 is 5.14 Å². The van der Waals surface area contributed by atoms with Crippen LogP contribution in [0.1, 0.15) is 40.5 Å². The molecule has 5 heteroatoms. The fourth-order valence-corrected chi connectivity index (χ4v) is 3.30. The summed E-state index contributed by atoms with van der Waals surface area (Å²) < 4.78 is 22.6. The van der Waals surface area contributed by atoms with Gasteiger partial charge in [-0.2, -0.15) is 0 Å². The van der Waals surface area contributed by atoms with E-state index in [1.165, 1.54) is 0 Å².